The van der Waals surface area contributed by atoms with E-state index in [0.717, 1.165) is 6.42 Å². The van der Waals surface area contributed by atoms with E-state index in [2.05, 4.69) is 6.92 Å². The molecule has 0 aromatic carbocycles. The second kappa shape index (κ2) is 6.99. The highest BCUT2D eigenvalue weighted by Crippen LogP contribution is 1.82. The van der Waals surface area contributed by atoms with Gasteiger partial charge in [-0.2, -0.15) is 0 Å². The topological polar surface area (TPSA) is 9.23 Å². The van der Waals surface area contributed by atoms with Crippen molar-refractivity contribution in [3.8, 4) is 0 Å². The van der Waals surface area contributed by atoms with E-state index < -0.39 is 0 Å². The molecule has 0 aliphatic carbocycles. The molecular weight excluding hydrogens is 124 g/mol. The van der Waals surface area contributed by atoms with Crippen LogP contribution in [0.5, 0.6) is 0 Å². The minimum absolute atomic E-state index is 0.286. The number of rotatable bonds is 4. The van der Waals surface area contributed by atoms with Crippen molar-refractivity contribution in [1.29, 1.82) is 0 Å². The maximum atomic E-state index is 5.22. The molecule has 0 aromatic rings. The minimum Gasteiger partial charge on any atom is -0.362 e. The van der Waals surface area contributed by atoms with Gasteiger partial charge in [-0.05, 0) is 6.42 Å². The minimum atomic E-state index is 0.286. The SMILES string of the molecule is CC/C=C/COCCl. The van der Waals surface area contributed by atoms with Gasteiger partial charge in [-0.25, -0.2) is 0 Å². The van der Waals surface area contributed by atoms with Gasteiger partial charge >= 0.3 is 0 Å². The van der Waals surface area contributed by atoms with E-state index in [1.807, 2.05) is 12.2 Å². The fourth-order valence-corrected chi connectivity index (χ4v) is 0.436. The van der Waals surface area contributed by atoms with E-state index in [0.29, 0.717) is 6.61 Å². The van der Waals surface area contributed by atoms with Gasteiger partial charge in [0.15, 0.2) is 0 Å². The number of hydrogen-bond donors (Lipinski definition) is 0. The highest BCUT2D eigenvalue weighted by Gasteiger charge is 1.73. The van der Waals surface area contributed by atoms with Gasteiger partial charge in [-0.1, -0.05) is 30.7 Å². The Morgan fingerprint density at radius 2 is 2.25 bits per heavy atom. The Balaban J connectivity index is 2.80. The number of allylic oxidation sites excluding steroid dienone is 1. The van der Waals surface area contributed by atoms with Crippen LogP contribution in [0.4, 0.5) is 0 Å². The average molecular weight is 135 g/mol. The Morgan fingerprint density at radius 1 is 1.50 bits per heavy atom. The molecule has 0 rings (SSSR count). The summed E-state index contributed by atoms with van der Waals surface area (Å²) in [6, 6.07) is 0.286. The lowest BCUT2D eigenvalue weighted by Crippen LogP contribution is -1.84. The Bertz CT molecular complexity index is 61.5. The van der Waals surface area contributed by atoms with Crippen molar-refractivity contribution < 1.29 is 4.74 Å². The Hall–Kier alpha value is -0.0100. The van der Waals surface area contributed by atoms with E-state index in [9.17, 15) is 0 Å². The summed E-state index contributed by atoms with van der Waals surface area (Å²) in [5.74, 6) is 0. The second-order valence-electron chi connectivity index (χ2n) is 1.36. The zero-order valence-corrected chi connectivity index (χ0v) is 5.82. The van der Waals surface area contributed by atoms with Gasteiger partial charge in [0.25, 0.3) is 0 Å². The van der Waals surface area contributed by atoms with Crippen LogP contribution in [0, 0.1) is 0 Å². The summed E-state index contributed by atoms with van der Waals surface area (Å²) in [6.07, 6.45) is 5.07. The molecule has 0 radical (unpaired) electrons. The van der Waals surface area contributed by atoms with Crippen molar-refractivity contribution in [2.45, 2.75) is 13.3 Å². The first kappa shape index (κ1) is 7.99. The van der Waals surface area contributed by atoms with Gasteiger partial charge in [0.1, 0.15) is 6.07 Å². The second-order valence-corrected chi connectivity index (χ2v) is 1.58. The van der Waals surface area contributed by atoms with Gasteiger partial charge in [0.2, 0.25) is 0 Å². The van der Waals surface area contributed by atoms with Crippen LogP contribution in [0.3, 0.4) is 0 Å². The molecule has 0 heterocycles. The first-order valence-electron chi connectivity index (χ1n) is 2.70. The third-order valence-corrected chi connectivity index (χ3v) is 0.848. The van der Waals surface area contributed by atoms with E-state index in [1.54, 1.807) is 0 Å². The number of halogens is 1. The van der Waals surface area contributed by atoms with Crippen LogP contribution in [0.25, 0.3) is 0 Å². The first-order chi connectivity index (χ1) is 3.91. The van der Waals surface area contributed by atoms with Crippen LogP contribution in [-0.4, -0.2) is 12.7 Å². The summed E-state index contributed by atoms with van der Waals surface area (Å²) in [4.78, 5) is 0. The van der Waals surface area contributed by atoms with Crippen molar-refractivity contribution in [3.63, 3.8) is 0 Å². The third-order valence-electron chi connectivity index (χ3n) is 0.694. The summed E-state index contributed by atoms with van der Waals surface area (Å²) >= 11 is 5.22. The van der Waals surface area contributed by atoms with E-state index in [-0.39, 0.29) is 6.07 Å². The molecule has 0 amide bonds. The van der Waals surface area contributed by atoms with E-state index in [4.69, 9.17) is 16.3 Å². The zero-order chi connectivity index (χ0) is 6.24. The van der Waals surface area contributed by atoms with Gasteiger partial charge in [-0.15, -0.1) is 0 Å². The van der Waals surface area contributed by atoms with Gasteiger partial charge < -0.3 is 4.74 Å². The fraction of sp³-hybridized carbons (Fsp3) is 0.667. The van der Waals surface area contributed by atoms with Gasteiger partial charge in [0, 0.05) is 0 Å². The number of hydrogen-bond acceptors (Lipinski definition) is 1. The van der Waals surface area contributed by atoms with Gasteiger partial charge in [-0.3, -0.25) is 0 Å². The molecular formula is C6H11ClO. The lowest BCUT2D eigenvalue weighted by atomic mass is 10.4. The molecule has 8 heavy (non-hydrogen) atoms. The monoisotopic (exact) mass is 134 g/mol. The van der Waals surface area contributed by atoms with Crippen molar-refractivity contribution in [3.05, 3.63) is 12.2 Å². The highest BCUT2D eigenvalue weighted by molar-refractivity contribution is 6.17. The molecule has 2 heteroatoms. The van der Waals surface area contributed by atoms with Crippen LogP contribution >= 0.6 is 11.6 Å². The smallest absolute Gasteiger partial charge is 0.121 e. The summed E-state index contributed by atoms with van der Waals surface area (Å²) < 4.78 is 4.81. The molecule has 0 unspecified atom stereocenters. The molecule has 0 bridgehead atoms. The average Bonchev–Trinajstić information content (AvgIpc) is 1.81. The molecule has 48 valence electrons. The fourth-order valence-electron chi connectivity index (χ4n) is 0.347. The number of alkyl halides is 1. The molecule has 0 aliphatic rings. The molecule has 0 N–H and O–H groups in total. The third kappa shape index (κ3) is 5.99. The maximum absolute atomic E-state index is 5.22. The van der Waals surface area contributed by atoms with Crippen molar-refractivity contribution in [1.82, 2.24) is 0 Å². The molecule has 0 atom stereocenters. The van der Waals surface area contributed by atoms with Crippen molar-refractivity contribution in [2.24, 2.45) is 0 Å². The summed E-state index contributed by atoms with van der Waals surface area (Å²) in [6.45, 7) is 2.72. The molecule has 1 nitrogen and oxygen atoms in total. The predicted octanol–water partition coefficient (Wildman–Crippen LogP) is 2.17. The van der Waals surface area contributed by atoms with Crippen molar-refractivity contribution in [2.75, 3.05) is 12.7 Å². The van der Waals surface area contributed by atoms with E-state index in [1.165, 1.54) is 0 Å². The lowest BCUT2D eigenvalue weighted by Gasteiger charge is -1.88. The van der Waals surface area contributed by atoms with Crippen molar-refractivity contribution >= 4 is 11.6 Å². The Morgan fingerprint density at radius 3 is 2.75 bits per heavy atom. The van der Waals surface area contributed by atoms with Crippen LogP contribution < -0.4 is 0 Å². The van der Waals surface area contributed by atoms with Crippen LogP contribution in [-0.2, 0) is 4.74 Å². The molecule has 0 aromatic heterocycles. The molecule has 0 saturated heterocycles. The highest BCUT2D eigenvalue weighted by atomic mass is 35.5. The summed E-state index contributed by atoms with van der Waals surface area (Å²) in [5.41, 5.74) is 0. The lowest BCUT2D eigenvalue weighted by molar-refractivity contribution is 0.212. The molecule has 0 spiro atoms. The number of ether oxygens (including phenoxy) is 1. The van der Waals surface area contributed by atoms with Crippen LogP contribution in [0.1, 0.15) is 13.3 Å². The maximum Gasteiger partial charge on any atom is 0.121 e. The standard InChI is InChI=1S/C6H11ClO/c1-2-3-4-5-8-6-7/h3-4H,2,5-6H2,1H3/b4-3+. The normalized spacial score (nSPS) is 10.8. The summed E-state index contributed by atoms with van der Waals surface area (Å²) in [5, 5.41) is 0. The van der Waals surface area contributed by atoms with Crippen LogP contribution in [0.15, 0.2) is 12.2 Å². The van der Waals surface area contributed by atoms with Gasteiger partial charge in [0.05, 0.1) is 6.61 Å². The quantitative estimate of drug-likeness (QED) is 0.325. The first-order valence-corrected chi connectivity index (χ1v) is 3.24. The summed E-state index contributed by atoms with van der Waals surface area (Å²) in [7, 11) is 0. The predicted molar refractivity (Wildman–Crippen MR) is 36.1 cm³/mol. The zero-order valence-electron chi connectivity index (χ0n) is 5.06. The molecule has 0 saturated carbocycles. The molecule has 0 aliphatic heterocycles. The Labute approximate surface area is 55.3 Å². The largest absolute Gasteiger partial charge is 0.362 e. The van der Waals surface area contributed by atoms with E-state index >= 15 is 0 Å². The van der Waals surface area contributed by atoms with Crippen LogP contribution in [0.2, 0.25) is 0 Å². The molecule has 0 fully saturated rings. The Kier molecular flexibility index (Phi) is 6.98.